The molecule has 2 rings (SSSR count). The van der Waals surface area contributed by atoms with Gasteiger partial charge in [0.05, 0.1) is 23.8 Å². The standard InChI is InChI=1S/C18H18Cl2N2O4/c1-4-26-18(24)22(2)13-7-5-12(6-8-13)21-17(23)11-9-14(19)16(25-3)15(20)10-11/h5-10H,4H2,1-3H3,(H,21,23). The monoisotopic (exact) mass is 396 g/mol. The van der Waals surface area contributed by atoms with Crippen molar-refractivity contribution in [1.82, 2.24) is 0 Å². The lowest BCUT2D eigenvalue weighted by molar-refractivity contribution is 0.102. The quantitative estimate of drug-likeness (QED) is 0.784. The van der Waals surface area contributed by atoms with E-state index >= 15 is 0 Å². The predicted molar refractivity (Wildman–Crippen MR) is 103 cm³/mol. The summed E-state index contributed by atoms with van der Waals surface area (Å²) in [5, 5.41) is 3.23. The zero-order chi connectivity index (χ0) is 19.3. The van der Waals surface area contributed by atoms with E-state index in [2.05, 4.69) is 5.32 Å². The topological polar surface area (TPSA) is 67.9 Å². The molecule has 0 aliphatic rings. The molecule has 0 aliphatic heterocycles. The summed E-state index contributed by atoms with van der Waals surface area (Å²) in [7, 11) is 3.05. The zero-order valence-electron chi connectivity index (χ0n) is 14.5. The number of nitrogens with zero attached hydrogens (tertiary/aromatic N) is 1. The van der Waals surface area contributed by atoms with Crippen molar-refractivity contribution in [3.63, 3.8) is 0 Å². The number of amides is 2. The molecule has 0 radical (unpaired) electrons. The number of benzene rings is 2. The van der Waals surface area contributed by atoms with Crippen LogP contribution in [0.3, 0.4) is 0 Å². The van der Waals surface area contributed by atoms with Crippen molar-refractivity contribution in [2.24, 2.45) is 0 Å². The molecule has 0 heterocycles. The molecule has 0 atom stereocenters. The summed E-state index contributed by atoms with van der Waals surface area (Å²) in [5.74, 6) is -0.0563. The predicted octanol–water partition coefficient (Wildman–Crippen LogP) is 4.85. The summed E-state index contributed by atoms with van der Waals surface area (Å²) in [4.78, 5) is 25.5. The second-order valence-electron chi connectivity index (χ2n) is 5.23. The summed E-state index contributed by atoms with van der Waals surface area (Å²) in [6.45, 7) is 2.03. The molecule has 8 heteroatoms. The fourth-order valence-corrected chi connectivity index (χ4v) is 2.82. The van der Waals surface area contributed by atoms with Gasteiger partial charge in [-0.05, 0) is 43.3 Å². The lowest BCUT2D eigenvalue weighted by atomic mass is 10.2. The Morgan fingerprint density at radius 2 is 1.69 bits per heavy atom. The Bertz CT molecular complexity index is 786. The van der Waals surface area contributed by atoms with E-state index in [-0.39, 0.29) is 16.0 Å². The van der Waals surface area contributed by atoms with Crippen LogP contribution in [-0.2, 0) is 4.74 Å². The van der Waals surface area contributed by atoms with E-state index in [0.717, 1.165) is 0 Å². The van der Waals surface area contributed by atoms with Gasteiger partial charge in [-0.1, -0.05) is 23.2 Å². The SMILES string of the molecule is CCOC(=O)N(C)c1ccc(NC(=O)c2cc(Cl)c(OC)c(Cl)c2)cc1. The fourth-order valence-electron chi connectivity index (χ4n) is 2.18. The van der Waals surface area contributed by atoms with Crippen LogP contribution in [0.4, 0.5) is 16.2 Å². The minimum Gasteiger partial charge on any atom is -0.494 e. The van der Waals surface area contributed by atoms with Gasteiger partial charge in [0.15, 0.2) is 5.75 Å². The van der Waals surface area contributed by atoms with Crippen LogP contribution in [0, 0.1) is 0 Å². The average Bonchev–Trinajstić information content (AvgIpc) is 2.61. The Kier molecular flexibility index (Phi) is 6.71. The van der Waals surface area contributed by atoms with Crippen LogP contribution < -0.4 is 15.0 Å². The van der Waals surface area contributed by atoms with Crippen LogP contribution in [0.1, 0.15) is 17.3 Å². The van der Waals surface area contributed by atoms with Crippen molar-refractivity contribution in [2.45, 2.75) is 6.92 Å². The van der Waals surface area contributed by atoms with E-state index in [1.807, 2.05) is 0 Å². The van der Waals surface area contributed by atoms with E-state index in [4.69, 9.17) is 32.7 Å². The number of rotatable bonds is 5. The molecule has 0 unspecified atom stereocenters. The molecule has 0 bridgehead atoms. The lowest BCUT2D eigenvalue weighted by Gasteiger charge is -2.17. The number of carbonyl (C=O) groups excluding carboxylic acids is 2. The minimum absolute atomic E-state index is 0.247. The molecule has 0 saturated carbocycles. The number of ether oxygens (including phenoxy) is 2. The van der Waals surface area contributed by atoms with Crippen LogP contribution in [0.5, 0.6) is 5.75 Å². The summed E-state index contributed by atoms with van der Waals surface area (Å²) in [5.41, 5.74) is 1.49. The highest BCUT2D eigenvalue weighted by molar-refractivity contribution is 6.37. The molecule has 0 aliphatic carbocycles. The maximum atomic E-state index is 12.4. The first-order valence-corrected chi connectivity index (χ1v) is 8.47. The zero-order valence-corrected chi connectivity index (χ0v) is 16.0. The molecule has 138 valence electrons. The minimum atomic E-state index is -0.452. The first-order chi connectivity index (χ1) is 12.4. The van der Waals surface area contributed by atoms with Crippen molar-refractivity contribution >= 4 is 46.6 Å². The van der Waals surface area contributed by atoms with Gasteiger partial charge in [0.2, 0.25) is 0 Å². The van der Waals surface area contributed by atoms with Crippen molar-refractivity contribution < 1.29 is 19.1 Å². The van der Waals surface area contributed by atoms with Crippen LogP contribution in [0.25, 0.3) is 0 Å². The molecule has 0 aromatic heterocycles. The van der Waals surface area contributed by atoms with Gasteiger partial charge in [-0.15, -0.1) is 0 Å². The van der Waals surface area contributed by atoms with E-state index in [1.54, 1.807) is 38.2 Å². The molecule has 2 amide bonds. The van der Waals surface area contributed by atoms with E-state index in [1.165, 1.54) is 24.1 Å². The molecule has 2 aromatic rings. The third kappa shape index (κ3) is 4.59. The van der Waals surface area contributed by atoms with Crippen molar-refractivity contribution in [3.8, 4) is 5.75 Å². The number of nitrogens with one attached hydrogen (secondary N) is 1. The lowest BCUT2D eigenvalue weighted by Crippen LogP contribution is -2.26. The average molecular weight is 397 g/mol. The molecular formula is C18H18Cl2N2O4. The van der Waals surface area contributed by atoms with Crippen LogP contribution >= 0.6 is 23.2 Å². The second kappa shape index (κ2) is 8.78. The van der Waals surface area contributed by atoms with Gasteiger partial charge in [0.25, 0.3) is 5.91 Å². The molecular weight excluding hydrogens is 379 g/mol. The number of anilines is 2. The van der Waals surface area contributed by atoms with Gasteiger partial charge in [-0.25, -0.2) is 4.79 Å². The molecule has 6 nitrogen and oxygen atoms in total. The number of hydrogen-bond donors (Lipinski definition) is 1. The fraction of sp³-hybridized carbons (Fsp3) is 0.222. The number of hydrogen-bond acceptors (Lipinski definition) is 4. The Morgan fingerprint density at radius 1 is 1.12 bits per heavy atom. The largest absolute Gasteiger partial charge is 0.494 e. The Hall–Kier alpha value is -2.44. The molecule has 1 N–H and O–H groups in total. The molecule has 0 fully saturated rings. The van der Waals surface area contributed by atoms with Gasteiger partial charge >= 0.3 is 6.09 Å². The Balaban J connectivity index is 2.11. The molecule has 0 saturated heterocycles. The third-order valence-corrected chi connectivity index (χ3v) is 4.08. The first-order valence-electron chi connectivity index (χ1n) is 7.72. The second-order valence-corrected chi connectivity index (χ2v) is 6.05. The van der Waals surface area contributed by atoms with Crippen molar-refractivity contribution in [1.29, 1.82) is 0 Å². The number of carbonyl (C=O) groups is 2. The van der Waals surface area contributed by atoms with E-state index < -0.39 is 6.09 Å². The van der Waals surface area contributed by atoms with Gasteiger partial charge < -0.3 is 14.8 Å². The van der Waals surface area contributed by atoms with Crippen molar-refractivity contribution in [2.75, 3.05) is 31.0 Å². The van der Waals surface area contributed by atoms with Crippen LogP contribution in [0.15, 0.2) is 36.4 Å². The maximum absolute atomic E-state index is 12.4. The van der Waals surface area contributed by atoms with Gasteiger partial charge in [0.1, 0.15) is 0 Å². The normalized spacial score (nSPS) is 10.2. The maximum Gasteiger partial charge on any atom is 0.413 e. The Labute approximate surface area is 161 Å². The summed E-state index contributed by atoms with van der Waals surface area (Å²) in [6.07, 6.45) is -0.452. The summed E-state index contributed by atoms with van der Waals surface area (Å²) in [6, 6.07) is 9.70. The summed E-state index contributed by atoms with van der Waals surface area (Å²) >= 11 is 12.1. The highest BCUT2D eigenvalue weighted by Gasteiger charge is 2.15. The van der Waals surface area contributed by atoms with Gasteiger partial charge in [-0.3, -0.25) is 9.69 Å². The summed E-state index contributed by atoms with van der Waals surface area (Å²) < 4.78 is 10.00. The van der Waals surface area contributed by atoms with Crippen LogP contribution in [-0.4, -0.2) is 32.8 Å². The van der Waals surface area contributed by atoms with Crippen molar-refractivity contribution in [3.05, 3.63) is 52.0 Å². The Morgan fingerprint density at radius 3 is 2.19 bits per heavy atom. The number of halogens is 2. The molecule has 26 heavy (non-hydrogen) atoms. The van der Waals surface area contributed by atoms with E-state index in [0.29, 0.717) is 29.3 Å². The van der Waals surface area contributed by atoms with Crippen LogP contribution in [0.2, 0.25) is 10.0 Å². The molecule has 0 spiro atoms. The molecule has 2 aromatic carbocycles. The number of methoxy groups -OCH3 is 1. The van der Waals surface area contributed by atoms with Gasteiger partial charge in [-0.2, -0.15) is 0 Å². The van der Waals surface area contributed by atoms with E-state index in [9.17, 15) is 9.59 Å². The highest BCUT2D eigenvalue weighted by atomic mass is 35.5. The van der Waals surface area contributed by atoms with Gasteiger partial charge in [0, 0.05) is 24.0 Å². The smallest absolute Gasteiger partial charge is 0.413 e. The first kappa shape index (κ1) is 19.9. The third-order valence-electron chi connectivity index (χ3n) is 3.52. The highest BCUT2D eigenvalue weighted by Crippen LogP contribution is 2.34.